The van der Waals surface area contributed by atoms with Crippen LogP contribution in [0.1, 0.15) is 6.92 Å². The van der Waals surface area contributed by atoms with Gasteiger partial charge in [-0.2, -0.15) is 0 Å². The van der Waals surface area contributed by atoms with Crippen molar-refractivity contribution in [2.45, 2.75) is 6.92 Å². The molecule has 0 spiro atoms. The van der Waals surface area contributed by atoms with Crippen LogP contribution in [0.4, 0.5) is 17.1 Å². The summed E-state index contributed by atoms with van der Waals surface area (Å²) in [5.74, 6) is 0. The van der Waals surface area contributed by atoms with E-state index >= 15 is 0 Å². The molecule has 0 aliphatic rings. The minimum absolute atomic E-state index is 0.222. The van der Waals surface area contributed by atoms with Gasteiger partial charge < -0.3 is 10.1 Å². The Balaban J connectivity index is 2.67. The van der Waals surface area contributed by atoms with E-state index in [-0.39, 0.29) is 17.1 Å². The van der Waals surface area contributed by atoms with E-state index in [1.807, 2.05) is 6.92 Å². The van der Waals surface area contributed by atoms with Crippen molar-refractivity contribution in [2.75, 3.05) is 25.1 Å². The third kappa shape index (κ3) is 4.65. The van der Waals surface area contributed by atoms with Gasteiger partial charge in [0, 0.05) is 12.6 Å². The second-order valence-corrected chi connectivity index (χ2v) is 4.15. The Kier molecular flexibility index (Phi) is 5.60. The number of anilines is 1. The molecule has 0 amide bonds. The van der Waals surface area contributed by atoms with Gasteiger partial charge in [0.05, 0.1) is 29.1 Å². The molecule has 0 fully saturated rings. The molecule has 20 heavy (non-hydrogen) atoms. The molecule has 0 unspecified atom stereocenters. The average molecular weight is 281 g/mol. The van der Waals surface area contributed by atoms with Gasteiger partial charge in [-0.1, -0.05) is 12.2 Å². The average Bonchev–Trinajstić information content (AvgIpc) is 2.37. The van der Waals surface area contributed by atoms with E-state index < -0.39 is 9.85 Å². The Bertz CT molecular complexity index is 530. The maximum absolute atomic E-state index is 10.9. The number of nitro groups is 2. The summed E-state index contributed by atoms with van der Waals surface area (Å²) in [4.78, 5) is 20.1. The fourth-order valence-corrected chi connectivity index (χ4v) is 1.44. The van der Waals surface area contributed by atoms with Crippen LogP contribution in [0, 0.1) is 20.2 Å². The topological polar surface area (TPSA) is 108 Å². The predicted octanol–water partition coefficient (Wildman–Crippen LogP) is 2.51. The van der Waals surface area contributed by atoms with Crippen molar-refractivity contribution in [3.63, 3.8) is 0 Å². The van der Waals surface area contributed by atoms with Crippen LogP contribution in [0.3, 0.4) is 0 Å². The third-order valence-electron chi connectivity index (χ3n) is 2.30. The van der Waals surface area contributed by atoms with Crippen molar-refractivity contribution >= 4 is 17.1 Å². The summed E-state index contributed by atoms with van der Waals surface area (Å²) in [6.45, 7) is 6.63. The first-order chi connectivity index (χ1) is 9.41. The Morgan fingerprint density at radius 3 is 2.60 bits per heavy atom. The molecule has 0 aliphatic heterocycles. The van der Waals surface area contributed by atoms with Crippen LogP contribution in [0.25, 0.3) is 0 Å². The van der Waals surface area contributed by atoms with Gasteiger partial charge >= 0.3 is 0 Å². The van der Waals surface area contributed by atoms with Gasteiger partial charge in [0.25, 0.3) is 11.4 Å². The lowest BCUT2D eigenvalue weighted by Crippen LogP contribution is -2.11. The van der Waals surface area contributed by atoms with Crippen LogP contribution in [0.15, 0.2) is 30.4 Å². The van der Waals surface area contributed by atoms with Crippen molar-refractivity contribution in [1.82, 2.24) is 0 Å². The molecule has 1 rings (SSSR count). The second-order valence-electron chi connectivity index (χ2n) is 4.15. The SMILES string of the molecule is C=C(C)COCCNc1ccc([N+](=O)[O-])cc1[N+](=O)[O-]. The highest BCUT2D eigenvalue weighted by Gasteiger charge is 2.18. The van der Waals surface area contributed by atoms with Crippen molar-refractivity contribution in [1.29, 1.82) is 0 Å². The Labute approximate surface area is 115 Å². The minimum Gasteiger partial charge on any atom is -0.377 e. The quantitative estimate of drug-likeness (QED) is 0.339. The molecule has 0 aliphatic carbocycles. The van der Waals surface area contributed by atoms with Crippen LogP contribution in [-0.4, -0.2) is 29.6 Å². The zero-order valence-electron chi connectivity index (χ0n) is 11.0. The van der Waals surface area contributed by atoms with Crippen LogP contribution in [-0.2, 0) is 4.74 Å². The van der Waals surface area contributed by atoms with E-state index in [4.69, 9.17) is 4.74 Å². The van der Waals surface area contributed by atoms with E-state index in [1.165, 1.54) is 12.1 Å². The first-order valence-corrected chi connectivity index (χ1v) is 5.80. The lowest BCUT2D eigenvalue weighted by molar-refractivity contribution is -0.393. The zero-order valence-corrected chi connectivity index (χ0v) is 11.0. The number of benzene rings is 1. The maximum atomic E-state index is 10.9. The van der Waals surface area contributed by atoms with Gasteiger partial charge in [-0.15, -0.1) is 0 Å². The predicted molar refractivity (Wildman–Crippen MR) is 73.9 cm³/mol. The van der Waals surface area contributed by atoms with Gasteiger partial charge in [-0.3, -0.25) is 20.2 Å². The van der Waals surface area contributed by atoms with Gasteiger partial charge in [0.2, 0.25) is 0 Å². The van der Waals surface area contributed by atoms with Crippen LogP contribution < -0.4 is 5.32 Å². The molecule has 1 N–H and O–H groups in total. The highest BCUT2D eigenvalue weighted by Crippen LogP contribution is 2.28. The molecule has 1 aromatic carbocycles. The second kappa shape index (κ2) is 7.19. The molecule has 1 aromatic rings. The molecule has 0 radical (unpaired) electrons. The summed E-state index contributed by atoms with van der Waals surface area (Å²) in [5.41, 5.74) is 0.450. The number of nitro benzene ring substituents is 2. The number of non-ortho nitro benzene ring substituents is 1. The standard InChI is InChI=1S/C12H15N3O5/c1-9(2)8-20-6-5-13-11-4-3-10(14(16)17)7-12(11)15(18)19/h3-4,7,13H,1,5-6,8H2,2H3. The summed E-state index contributed by atoms with van der Waals surface area (Å²) < 4.78 is 5.24. The molecular weight excluding hydrogens is 266 g/mol. The number of hydrogen-bond acceptors (Lipinski definition) is 6. The lowest BCUT2D eigenvalue weighted by Gasteiger charge is -2.07. The monoisotopic (exact) mass is 281 g/mol. The van der Waals surface area contributed by atoms with Gasteiger partial charge in [0.1, 0.15) is 5.69 Å². The van der Waals surface area contributed by atoms with E-state index in [0.29, 0.717) is 19.8 Å². The summed E-state index contributed by atoms with van der Waals surface area (Å²) in [7, 11) is 0. The first kappa shape index (κ1) is 15.6. The number of ether oxygens (including phenoxy) is 1. The van der Waals surface area contributed by atoms with E-state index in [0.717, 1.165) is 11.6 Å². The normalized spacial score (nSPS) is 10.1. The maximum Gasteiger partial charge on any atom is 0.299 e. The number of nitrogens with one attached hydrogen (secondary N) is 1. The molecule has 0 saturated carbocycles. The van der Waals surface area contributed by atoms with Crippen LogP contribution in [0.2, 0.25) is 0 Å². The number of nitrogens with zero attached hydrogens (tertiary/aromatic N) is 2. The molecular formula is C12H15N3O5. The Hall–Kier alpha value is -2.48. The van der Waals surface area contributed by atoms with Crippen molar-refractivity contribution in [2.24, 2.45) is 0 Å². The summed E-state index contributed by atoms with van der Waals surface area (Å²) in [5, 5.41) is 24.3. The molecule has 0 atom stereocenters. The minimum atomic E-state index is -0.674. The Morgan fingerprint density at radius 1 is 1.35 bits per heavy atom. The molecule has 8 nitrogen and oxygen atoms in total. The summed E-state index contributed by atoms with van der Waals surface area (Å²) >= 11 is 0. The molecule has 108 valence electrons. The van der Waals surface area contributed by atoms with E-state index in [2.05, 4.69) is 11.9 Å². The van der Waals surface area contributed by atoms with E-state index in [1.54, 1.807) is 0 Å². The Morgan fingerprint density at radius 2 is 2.05 bits per heavy atom. The fourth-order valence-electron chi connectivity index (χ4n) is 1.44. The van der Waals surface area contributed by atoms with E-state index in [9.17, 15) is 20.2 Å². The number of rotatable bonds is 8. The van der Waals surface area contributed by atoms with Crippen molar-refractivity contribution in [3.8, 4) is 0 Å². The summed E-state index contributed by atoms with van der Waals surface area (Å²) in [6, 6.07) is 3.45. The first-order valence-electron chi connectivity index (χ1n) is 5.80. The highest BCUT2D eigenvalue weighted by molar-refractivity contribution is 5.65. The smallest absolute Gasteiger partial charge is 0.299 e. The van der Waals surface area contributed by atoms with Gasteiger partial charge in [-0.25, -0.2) is 0 Å². The zero-order chi connectivity index (χ0) is 15.1. The molecule has 0 saturated heterocycles. The molecule has 8 heteroatoms. The van der Waals surface area contributed by atoms with Crippen LogP contribution >= 0.6 is 0 Å². The highest BCUT2D eigenvalue weighted by atomic mass is 16.6. The van der Waals surface area contributed by atoms with Gasteiger partial charge in [-0.05, 0) is 13.0 Å². The third-order valence-corrected chi connectivity index (χ3v) is 2.30. The summed E-state index contributed by atoms with van der Waals surface area (Å²) in [6.07, 6.45) is 0. The molecule has 0 bridgehead atoms. The lowest BCUT2D eigenvalue weighted by atomic mass is 10.2. The van der Waals surface area contributed by atoms with Crippen molar-refractivity contribution in [3.05, 3.63) is 50.6 Å². The largest absolute Gasteiger partial charge is 0.377 e. The van der Waals surface area contributed by atoms with Crippen molar-refractivity contribution < 1.29 is 14.6 Å². The fraction of sp³-hybridized carbons (Fsp3) is 0.333. The molecule has 0 heterocycles. The van der Waals surface area contributed by atoms with Crippen LogP contribution in [0.5, 0.6) is 0 Å². The number of hydrogen-bond donors (Lipinski definition) is 1. The van der Waals surface area contributed by atoms with Gasteiger partial charge in [0.15, 0.2) is 0 Å². The molecule has 0 aromatic heterocycles.